The van der Waals surface area contributed by atoms with Gasteiger partial charge >= 0.3 is 5.69 Å². The fourth-order valence-corrected chi connectivity index (χ4v) is 4.91. The average Bonchev–Trinajstić information content (AvgIpc) is 3.46. The number of fused-ring (bicyclic) bond motifs is 1. The van der Waals surface area contributed by atoms with Gasteiger partial charge in [-0.15, -0.1) is 0 Å². The van der Waals surface area contributed by atoms with E-state index in [1.165, 1.54) is 30.1 Å². The van der Waals surface area contributed by atoms with Crippen LogP contribution in [-0.2, 0) is 35.5 Å². The van der Waals surface area contributed by atoms with Crippen molar-refractivity contribution >= 4 is 38.6 Å². The number of aryl methyl sites for hydroxylation is 2. The Morgan fingerprint density at radius 1 is 1.18 bits per heavy atom. The third-order valence-electron chi connectivity index (χ3n) is 5.57. The van der Waals surface area contributed by atoms with E-state index in [2.05, 4.69) is 20.0 Å². The smallest absolute Gasteiger partial charge is 0.326 e. The molecule has 0 bridgehead atoms. The first-order chi connectivity index (χ1) is 16.2. The van der Waals surface area contributed by atoms with Crippen LogP contribution < -0.4 is 21.3 Å². The lowest BCUT2D eigenvalue weighted by molar-refractivity contribution is -0.116. The Bertz CT molecular complexity index is 1510. The van der Waals surface area contributed by atoms with E-state index in [9.17, 15) is 22.8 Å². The number of amides is 1. The number of carbonyl (C=O) groups excluding carboxylic acids is 1. The van der Waals surface area contributed by atoms with Crippen molar-refractivity contribution in [2.24, 2.45) is 19.1 Å². The fraction of sp³-hybridized carbons (Fsp3) is 0.381. The number of anilines is 1. The van der Waals surface area contributed by atoms with Crippen molar-refractivity contribution in [1.82, 2.24) is 23.4 Å². The molecular weight excluding hydrogens is 462 g/mol. The van der Waals surface area contributed by atoms with Gasteiger partial charge in [-0.1, -0.05) is 6.07 Å². The van der Waals surface area contributed by atoms with Gasteiger partial charge in [-0.25, -0.2) is 18.2 Å². The lowest BCUT2D eigenvalue weighted by atomic mass is 10.2. The van der Waals surface area contributed by atoms with Gasteiger partial charge in [0.25, 0.3) is 15.6 Å². The molecular formula is C21H25N7O5S. The predicted octanol–water partition coefficient (Wildman–Crippen LogP) is 0.323. The largest absolute Gasteiger partial charge is 0.332 e. The lowest BCUT2D eigenvalue weighted by Crippen LogP contribution is -2.37. The molecule has 180 valence electrons. The second-order valence-electron chi connectivity index (χ2n) is 8.03. The Hall–Kier alpha value is -3.74. The molecule has 0 spiro atoms. The molecule has 0 fully saturated rings. The van der Waals surface area contributed by atoms with Crippen LogP contribution in [0.2, 0.25) is 0 Å². The number of aliphatic imine (C=N–C) groups is 1. The molecule has 0 unspecified atom stereocenters. The molecule has 34 heavy (non-hydrogen) atoms. The van der Waals surface area contributed by atoms with Gasteiger partial charge in [0.15, 0.2) is 11.2 Å². The highest BCUT2D eigenvalue weighted by molar-refractivity contribution is 7.90. The van der Waals surface area contributed by atoms with Crippen molar-refractivity contribution in [3.05, 3.63) is 51.4 Å². The maximum Gasteiger partial charge on any atom is 0.332 e. The van der Waals surface area contributed by atoms with Gasteiger partial charge in [0.1, 0.15) is 5.84 Å². The van der Waals surface area contributed by atoms with E-state index in [1.807, 2.05) is 0 Å². The number of carbonyl (C=O) groups is 1. The van der Waals surface area contributed by atoms with Crippen LogP contribution in [0.1, 0.15) is 25.7 Å². The van der Waals surface area contributed by atoms with E-state index in [0.29, 0.717) is 43.0 Å². The van der Waals surface area contributed by atoms with Gasteiger partial charge in [0.05, 0.1) is 11.2 Å². The molecule has 12 nitrogen and oxygen atoms in total. The molecule has 1 aliphatic rings. The zero-order chi connectivity index (χ0) is 24.5. The molecule has 2 aromatic heterocycles. The highest BCUT2D eigenvalue weighted by atomic mass is 32.2. The molecule has 4 rings (SSSR count). The van der Waals surface area contributed by atoms with Gasteiger partial charge < -0.3 is 9.88 Å². The first kappa shape index (κ1) is 23.4. The van der Waals surface area contributed by atoms with Crippen molar-refractivity contribution in [2.45, 2.75) is 37.1 Å². The third-order valence-corrected chi connectivity index (χ3v) is 6.95. The summed E-state index contributed by atoms with van der Waals surface area (Å²) in [4.78, 5) is 45.3. The number of aromatic nitrogens is 4. The normalized spacial score (nSPS) is 13.8. The molecule has 0 atom stereocenters. The molecule has 0 aliphatic carbocycles. The van der Waals surface area contributed by atoms with Gasteiger partial charge in [0.2, 0.25) is 5.91 Å². The number of imidazole rings is 1. The number of hydrogen-bond donors (Lipinski definition) is 2. The molecule has 2 N–H and O–H groups in total. The van der Waals surface area contributed by atoms with Crippen LogP contribution in [0.5, 0.6) is 0 Å². The summed E-state index contributed by atoms with van der Waals surface area (Å²) in [6.45, 7) is 0.952. The Kier molecular flexibility index (Phi) is 6.37. The molecule has 0 saturated heterocycles. The number of nitrogens with one attached hydrogen (secondary N) is 2. The van der Waals surface area contributed by atoms with Crippen LogP contribution >= 0.6 is 0 Å². The highest BCUT2D eigenvalue weighted by Crippen LogP contribution is 2.17. The van der Waals surface area contributed by atoms with Gasteiger partial charge in [0, 0.05) is 45.7 Å². The van der Waals surface area contributed by atoms with Crippen LogP contribution in [0.15, 0.2) is 50.1 Å². The van der Waals surface area contributed by atoms with E-state index in [-0.39, 0.29) is 22.9 Å². The molecule has 3 heterocycles. The molecule has 3 aromatic rings. The minimum atomic E-state index is -3.78. The minimum absolute atomic E-state index is 0.0336. The highest BCUT2D eigenvalue weighted by Gasteiger charge is 2.19. The van der Waals surface area contributed by atoms with Gasteiger partial charge in [-0.3, -0.25) is 28.4 Å². The first-order valence-corrected chi connectivity index (χ1v) is 12.2. The number of rotatable bonds is 7. The topological polar surface area (TPSA) is 149 Å². The molecule has 0 radical (unpaired) electrons. The molecule has 1 amide bonds. The van der Waals surface area contributed by atoms with E-state index in [4.69, 9.17) is 0 Å². The van der Waals surface area contributed by atoms with E-state index >= 15 is 0 Å². The summed E-state index contributed by atoms with van der Waals surface area (Å²) in [7, 11) is -0.837. The summed E-state index contributed by atoms with van der Waals surface area (Å²) >= 11 is 0. The SMILES string of the molecule is Cn1c(=O)c2c(ncn2CCCC(=O)Nc2cccc(S(=O)(=O)NC3=NCCC3)c2)n(C)c1=O. The molecule has 1 aromatic carbocycles. The Morgan fingerprint density at radius 3 is 2.71 bits per heavy atom. The summed E-state index contributed by atoms with van der Waals surface area (Å²) in [6.07, 6.45) is 3.42. The Labute approximate surface area is 195 Å². The Balaban J connectivity index is 1.39. The van der Waals surface area contributed by atoms with Crippen LogP contribution in [0.4, 0.5) is 5.69 Å². The maximum atomic E-state index is 12.6. The monoisotopic (exact) mass is 487 g/mol. The number of amidine groups is 1. The standard InChI is InChI=1S/C21H25N7O5S/c1-26-19-18(20(30)27(2)21(26)31)28(13-23-19)11-5-9-17(29)24-14-6-3-7-15(12-14)34(32,33)25-16-8-4-10-22-16/h3,6-7,12-13H,4-5,8-11H2,1-2H3,(H,22,25)(H,24,29). The molecule has 0 saturated carbocycles. The summed E-state index contributed by atoms with van der Waals surface area (Å²) in [6, 6.07) is 6.00. The van der Waals surface area contributed by atoms with E-state index < -0.39 is 21.3 Å². The zero-order valence-electron chi connectivity index (χ0n) is 18.8. The average molecular weight is 488 g/mol. The number of hydrogen-bond acceptors (Lipinski definition) is 7. The van der Waals surface area contributed by atoms with Crippen molar-refractivity contribution in [2.75, 3.05) is 11.9 Å². The summed E-state index contributed by atoms with van der Waals surface area (Å²) < 4.78 is 31.6. The van der Waals surface area contributed by atoms with Gasteiger partial charge in [-0.2, -0.15) is 0 Å². The van der Waals surface area contributed by atoms with Crippen molar-refractivity contribution in [3.63, 3.8) is 0 Å². The van der Waals surface area contributed by atoms with Crippen LogP contribution in [0, 0.1) is 0 Å². The summed E-state index contributed by atoms with van der Waals surface area (Å²) in [5, 5.41) is 2.70. The molecule has 1 aliphatic heterocycles. The van der Waals surface area contributed by atoms with Crippen molar-refractivity contribution in [3.8, 4) is 0 Å². The lowest BCUT2D eigenvalue weighted by Gasteiger charge is -2.10. The summed E-state index contributed by atoms with van der Waals surface area (Å²) in [5.74, 6) is 0.142. The van der Waals surface area contributed by atoms with E-state index in [0.717, 1.165) is 11.0 Å². The van der Waals surface area contributed by atoms with Crippen LogP contribution in [0.25, 0.3) is 11.2 Å². The number of sulfonamides is 1. The van der Waals surface area contributed by atoms with Crippen molar-refractivity contribution < 1.29 is 13.2 Å². The second-order valence-corrected chi connectivity index (χ2v) is 9.72. The predicted molar refractivity (Wildman–Crippen MR) is 126 cm³/mol. The quantitative estimate of drug-likeness (QED) is 0.490. The molecule has 13 heteroatoms. The number of nitrogens with zero attached hydrogens (tertiary/aromatic N) is 5. The third kappa shape index (κ3) is 4.64. The second kappa shape index (κ2) is 9.25. The van der Waals surface area contributed by atoms with Crippen molar-refractivity contribution in [1.29, 1.82) is 0 Å². The minimum Gasteiger partial charge on any atom is -0.326 e. The van der Waals surface area contributed by atoms with E-state index in [1.54, 1.807) is 23.7 Å². The number of benzene rings is 1. The van der Waals surface area contributed by atoms with Crippen LogP contribution in [0.3, 0.4) is 0 Å². The zero-order valence-corrected chi connectivity index (χ0v) is 19.6. The van der Waals surface area contributed by atoms with Gasteiger partial charge in [-0.05, 0) is 31.0 Å². The fourth-order valence-electron chi connectivity index (χ4n) is 3.78. The summed E-state index contributed by atoms with van der Waals surface area (Å²) in [5.41, 5.74) is 0.0290. The Morgan fingerprint density at radius 2 is 1.97 bits per heavy atom. The maximum absolute atomic E-state index is 12.6. The first-order valence-electron chi connectivity index (χ1n) is 10.7. The van der Waals surface area contributed by atoms with Crippen LogP contribution in [-0.4, -0.2) is 45.4 Å².